The Hall–Kier alpha value is -1.71. The van der Waals surface area contributed by atoms with Crippen molar-refractivity contribution in [1.29, 1.82) is 0 Å². The van der Waals surface area contributed by atoms with Gasteiger partial charge in [-0.25, -0.2) is 17.5 Å². The van der Waals surface area contributed by atoms with E-state index in [-0.39, 0.29) is 11.3 Å². The lowest BCUT2D eigenvalue weighted by atomic mass is 10.2. The molecule has 1 atom stereocenters. The molecule has 106 valence electrons. The normalized spacial score (nSPS) is 13.2. The van der Waals surface area contributed by atoms with Crippen molar-refractivity contribution in [2.45, 2.75) is 17.9 Å². The lowest BCUT2D eigenvalue weighted by Crippen LogP contribution is -2.40. The predicted octanol–water partition coefficient (Wildman–Crippen LogP) is -1.16. The fraction of sp³-hybridized carbons (Fsp3) is 0.300. The number of nitrogen functional groups attached to an aromatic ring is 1. The van der Waals surface area contributed by atoms with Crippen LogP contribution in [-0.2, 0) is 14.8 Å². The van der Waals surface area contributed by atoms with Crippen LogP contribution < -0.4 is 16.2 Å². The van der Waals surface area contributed by atoms with Gasteiger partial charge in [-0.05, 0) is 24.6 Å². The first kappa shape index (κ1) is 15.3. The molecule has 0 spiro atoms. The van der Waals surface area contributed by atoms with Gasteiger partial charge in [0.2, 0.25) is 15.9 Å². The molecule has 0 fully saturated rings. The lowest BCUT2D eigenvalue weighted by Gasteiger charge is -2.11. The molecule has 0 heterocycles. The smallest absolute Gasteiger partial charge is 0.247 e. The van der Waals surface area contributed by atoms with Crippen LogP contribution in [0.3, 0.4) is 0 Å². The molecule has 0 saturated carbocycles. The molecule has 0 aliphatic heterocycles. The number of aliphatic hydroxyl groups is 1. The van der Waals surface area contributed by atoms with Gasteiger partial charge in [-0.1, -0.05) is 0 Å². The van der Waals surface area contributed by atoms with Crippen molar-refractivity contribution in [3.63, 3.8) is 0 Å². The van der Waals surface area contributed by atoms with Crippen molar-refractivity contribution in [2.24, 2.45) is 5.73 Å². The van der Waals surface area contributed by atoms with Gasteiger partial charge in [0.05, 0.1) is 0 Å². The van der Waals surface area contributed by atoms with Crippen LogP contribution in [0, 0.1) is 12.7 Å². The van der Waals surface area contributed by atoms with Gasteiger partial charge >= 0.3 is 0 Å². The van der Waals surface area contributed by atoms with E-state index in [0.29, 0.717) is 0 Å². The van der Waals surface area contributed by atoms with Gasteiger partial charge in [-0.2, -0.15) is 0 Å². The summed E-state index contributed by atoms with van der Waals surface area (Å²) in [4.78, 5) is 9.92. The van der Waals surface area contributed by atoms with Crippen molar-refractivity contribution < 1.29 is 22.7 Å². The van der Waals surface area contributed by atoms with Crippen LogP contribution in [0.1, 0.15) is 5.56 Å². The number of primary amides is 1. The van der Waals surface area contributed by atoms with Crippen LogP contribution in [0.2, 0.25) is 0 Å². The summed E-state index contributed by atoms with van der Waals surface area (Å²) in [5.74, 6) is -2.04. The number of rotatable bonds is 5. The number of aliphatic hydroxyl groups excluding tert-OH is 1. The number of anilines is 1. The molecule has 7 nitrogen and oxygen atoms in total. The molecule has 1 rings (SSSR count). The number of carbonyl (C=O) groups excluding carboxylic acids is 1. The minimum absolute atomic E-state index is 0.0656. The quantitative estimate of drug-likeness (QED) is 0.507. The zero-order valence-corrected chi connectivity index (χ0v) is 10.9. The van der Waals surface area contributed by atoms with Crippen molar-refractivity contribution in [3.05, 3.63) is 23.5 Å². The highest BCUT2D eigenvalue weighted by Crippen LogP contribution is 2.21. The van der Waals surface area contributed by atoms with E-state index >= 15 is 0 Å². The van der Waals surface area contributed by atoms with Crippen molar-refractivity contribution >= 4 is 21.6 Å². The lowest BCUT2D eigenvalue weighted by molar-refractivity contribution is -0.125. The summed E-state index contributed by atoms with van der Waals surface area (Å²) >= 11 is 0. The summed E-state index contributed by atoms with van der Waals surface area (Å²) in [7, 11) is -4.24. The number of aryl methyl sites for hydroxylation is 1. The van der Waals surface area contributed by atoms with E-state index in [1.807, 2.05) is 4.72 Å². The van der Waals surface area contributed by atoms with Gasteiger partial charge in [-0.15, -0.1) is 0 Å². The van der Waals surface area contributed by atoms with E-state index in [4.69, 9.17) is 16.6 Å². The number of benzene rings is 1. The molecule has 0 radical (unpaired) electrons. The van der Waals surface area contributed by atoms with Gasteiger partial charge in [0.25, 0.3) is 0 Å². The van der Waals surface area contributed by atoms with E-state index in [0.717, 1.165) is 6.07 Å². The molecule has 0 aromatic heterocycles. The minimum atomic E-state index is -4.24. The first-order valence-corrected chi connectivity index (χ1v) is 6.66. The Bertz CT molecular complexity index is 603. The molecule has 0 aliphatic carbocycles. The summed E-state index contributed by atoms with van der Waals surface area (Å²) in [6.45, 7) is 0.716. The third kappa shape index (κ3) is 3.63. The van der Waals surface area contributed by atoms with Gasteiger partial charge in [0.1, 0.15) is 16.8 Å². The highest BCUT2D eigenvalue weighted by Gasteiger charge is 2.23. The topological polar surface area (TPSA) is 136 Å². The SMILES string of the molecule is Cc1cc(N)cc(S(=O)(=O)NCC(O)C(N)=O)c1F. The maximum Gasteiger partial charge on any atom is 0.247 e. The van der Waals surface area contributed by atoms with Crippen LogP contribution in [-0.4, -0.2) is 32.1 Å². The minimum Gasteiger partial charge on any atom is -0.399 e. The average Bonchev–Trinajstić information content (AvgIpc) is 2.30. The summed E-state index contributed by atoms with van der Waals surface area (Å²) in [5, 5.41) is 9.10. The number of amides is 1. The number of sulfonamides is 1. The fourth-order valence-electron chi connectivity index (χ4n) is 1.33. The number of halogens is 1. The second-order valence-corrected chi connectivity index (χ2v) is 5.66. The molecular weight excluding hydrogens is 277 g/mol. The number of hydrogen-bond donors (Lipinski definition) is 4. The summed E-state index contributed by atoms with van der Waals surface area (Å²) in [6, 6.07) is 2.23. The van der Waals surface area contributed by atoms with Crippen LogP contribution in [0.4, 0.5) is 10.1 Å². The molecule has 1 aromatic carbocycles. The third-order valence-corrected chi connectivity index (χ3v) is 3.75. The molecule has 9 heteroatoms. The monoisotopic (exact) mass is 291 g/mol. The summed E-state index contributed by atoms with van der Waals surface area (Å²) in [6.07, 6.45) is -1.69. The predicted molar refractivity (Wildman–Crippen MR) is 65.9 cm³/mol. The molecule has 1 amide bonds. The van der Waals surface area contributed by atoms with Gasteiger partial charge < -0.3 is 16.6 Å². The van der Waals surface area contributed by atoms with Crippen molar-refractivity contribution in [2.75, 3.05) is 12.3 Å². The van der Waals surface area contributed by atoms with E-state index in [2.05, 4.69) is 0 Å². The van der Waals surface area contributed by atoms with Crippen LogP contribution in [0.5, 0.6) is 0 Å². The van der Waals surface area contributed by atoms with E-state index in [1.54, 1.807) is 0 Å². The van der Waals surface area contributed by atoms with Gasteiger partial charge in [0, 0.05) is 12.2 Å². The molecule has 1 aromatic rings. The average molecular weight is 291 g/mol. The second kappa shape index (κ2) is 5.51. The first-order chi connectivity index (χ1) is 8.65. The summed E-state index contributed by atoms with van der Waals surface area (Å²) in [5.41, 5.74) is 10.4. The summed E-state index contributed by atoms with van der Waals surface area (Å²) < 4.78 is 39.2. The maximum absolute atomic E-state index is 13.7. The number of hydrogen-bond acceptors (Lipinski definition) is 5. The van der Waals surface area contributed by atoms with Gasteiger partial charge in [-0.3, -0.25) is 4.79 Å². The maximum atomic E-state index is 13.7. The Morgan fingerprint density at radius 3 is 2.63 bits per heavy atom. The Kier molecular flexibility index (Phi) is 4.45. The number of nitrogens with one attached hydrogen (secondary N) is 1. The van der Waals surface area contributed by atoms with Crippen molar-refractivity contribution in [1.82, 2.24) is 4.72 Å². The Labute approximate surface area is 109 Å². The molecule has 19 heavy (non-hydrogen) atoms. The zero-order valence-electron chi connectivity index (χ0n) is 10.1. The number of nitrogens with two attached hydrogens (primary N) is 2. The highest BCUT2D eigenvalue weighted by molar-refractivity contribution is 7.89. The third-order valence-electron chi connectivity index (χ3n) is 2.33. The zero-order chi connectivity index (χ0) is 14.8. The standard InChI is InChI=1S/C10H14FN3O4S/c1-5-2-6(12)3-8(9(5)11)19(17,18)14-4-7(15)10(13)16/h2-3,7,14-15H,4,12H2,1H3,(H2,13,16). The highest BCUT2D eigenvalue weighted by atomic mass is 32.2. The van der Waals surface area contributed by atoms with E-state index in [1.165, 1.54) is 13.0 Å². The van der Waals surface area contributed by atoms with E-state index < -0.39 is 39.3 Å². The molecule has 6 N–H and O–H groups in total. The number of carbonyl (C=O) groups is 1. The second-order valence-electron chi connectivity index (χ2n) is 3.92. The largest absolute Gasteiger partial charge is 0.399 e. The van der Waals surface area contributed by atoms with Crippen LogP contribution >= 0.6 is 0 Å². The van der Waals surface area contributed by atoms with Crippen LogP contribution in [0.25, 0.3) is 0 Å². The first-order valence-electron chi connectivity index (χ1n) is 5.18. The molecular formula is C10H14FN3O4S. The van der Waals surface area contributed by atoms with Crippen LogP contribution in [0.15, 0.2) is 17.0 Å². The Balaban J connectivity index is 3.05. The molecule has 1 unspecified atom stereocenters. The molecule has 0 saturated heterocycles. The Morgan fingerprint density at radius 1 is 1.53 bits per heavy atom. The van der Waals surface area contributed by atoms with Gasteiger partial charge in [0.15, 0.2) is 0 Å². The van der Waals surface area contributed by atoms with E-state index in [9.17, 15) is 17.6 Å². The molecule has 0 bridgehead atoms. The fourth-order valence-corrected chi connectivity index (χ4v) is 2.55. The van der Waals surface area contributed by atoms with Crippen molar-refractivity contribution in [3.8, 4) is 0 Å². The molecule has 0 aliphatic rings. The Morgan fingerprint density at radius 2 is 2.11 bits per heavy atom.